The molecule has 0 aliphatic carbocycles. The summed E-state index contributed by atoms with van der Waals surface area (Å²) in [6.45, 7) is 1.69. The van der Waals surface area contributed by atoms with Crippen LogP contribution in [-0.4, -0.2) is 25.2 Å². The number of nitrogens with one attached hydrogen (secondary N) is 1. The molecule has 0 aliphatic rings. The third-order valence-corrected chi connectivity index (χ3v) is 3.91. The van der Waals surface area contributed by atoms with Crippen LogP contribution in [0.2, 0.25) is 0 Å². The van der Waals surface area contributed by atoms with E-state index < -0.39 is 12.3 Å². The number of hydrogen-bond donors (Lipinski definition) is 1. The number of Topliss-reactive ketones (excluding diaryl/α,β-unsaturated/α-hetero) is 1. The van der Waals surface area contributed by atoms with Crippen molar-refractivity contribution in [1.82, 2.24) is 5.32 Å². The maximum absolute atomic E-state index is 12.4. The fraction of sp³-hybridized carbons (Fsp3) is 0.300. The molecule has 0 heterocycles. The molecule has 0 atom stereocenters. The average molecular weight is 395 g/mol. The van der Waals surface area contributed by atoms with Gasteiger partial charge in [-0.3, -0.25) is 9.59 Å². The van der Waals surface area contributed by atoms with Gasteiger partial charge in [-0.25, -0.2) is 0 Å². The molecule has 2 aromatic carbocycles. The molecule has 0 saturated heterocycles. The molecule has 0 fully saturated rings. The number of ketones is 1. The van der Waals surface area contributed by atoms with E-state index in [9.17, 15) is 22.8 Å². The summed E-state index contributed by atoms with van der Waals surface area (Å²) >= 11 is 0. The van der Waals surface area contributed by atoms with Gasteiger partial charge in [-0.05, 0) is 25.1 Å². The number of halogens is 3. The monoisotopic (exact) mass is 395 g/mol. The zero-order valence-corrected chi connectivity index (χ0v) is 15.4. The van der Waals surface area contributed by atoms with Gasteiger partial charge in [-0.2, -0.15) is 0 Å². The van der Waals surface area contributed by atoms with Crippen molar-refractivity contribution in [2.24, 2.45) is 0 Å². The van der Waals surface area contributed by atoms with Crippen LogP contribution in [0.25, 0.3) is 0 Å². The van der Waals surface area contributed by atoms with E-state index in [2.05, 4.69) is 10.1 Å². The second-order valence-electron chi connectivity index (χ2n) is 6.06. The molecule has 28 heavy (non-hydrogen) atoms. The van der Waals surface area contributed by atoms with Gasteiger partial charge in [0.05, 0.1) is 12.7 Å². The molecule has 0 radical (unpaired) electrons. The van der Waals surface area contributed by atoms with E-state index in [0.717, 1.165) is 5.56 Å². The summed E-state index contributed by atoms with van der Waals surface area (Å²) in [7, 11) is 1.45. The summed E-state index contributed by atoms with van der Waals surface area (Å²) in [5.74, 6) is -0.664. The van der Waals surface area contributed by atoms with Gasteiger partial charge in [0.2, 0.25) is 5.91 Å². The topological polar surface area (TPSA) is 64.6 Å². The van der Waals surface area contributed by atoms with Gasteiger partial charge in [-0.1, -0.05) is 29.8 Å². The van der Waals surface area contributed by atoms with Crippen LogP contribution in [-0.2, 0) is 11.3 Å². The van der Waals surface area contributed by atoms with Gasteiger partial charge in [0.25, 0.3) is 0 Å². The number of benzene rings is 2. The summed E-state index contributed by atoms with van der Waals surface area (Å²) < 4.78 is 46.4. The average Bonchev–Trinajstić information content (AvgIpc) is 2.64. The maximum Gasteiger partial charge on any atom is 0.573 e. The molecule has 0 spiro atoms. The first-order valence-corrected chi connectivity index (χ1v) is 8.48. The molecule has 0 aliphatic heterocycles. The number of amides is 1. The van der Waals surface area contributed by atoms with Crippen molar-refractivity contribution in [3.63, 3.8) is 0 Å². The van der Waals surface area contributed by atoms with Crippen LogP contribution >= 0.6 is 0 Å². The summed E-state index contributed by atoms with van der Waals surface area (Å²) in [5, 5.41) is 2.50. The minimum absolute atomic E-state index is 0.0493. The fourth-order valence-corrected chi connectivity index (χ4v) is 2.56. The first-order valence-electron chi connectivity index (χ1n) is 8.48. The Morgan fingerprint density at radius 2 is 1.75 bits per heavy atom. The molecular weight excluding hydrogens is 375 g/mol. The minimum atomic E-state index is -4.82. The van der Waals surface area contributed by atoms with E-state index in [1.165, 1.54) is 31.4 Å². The summed E-state index contributed by atoms with van der Waals surface area (Å²) in [6, 6.07) is 10.7. The first-order chi connectivity index (χ1) is 13.2. The number of carbonyl (C=O) groups excluding carboxylic acids is 2. The molecular formula is C20H20F3NO4. The van der Waals surface area contributed by atoms with Crippen molar-refractivity contribution in [3.8, 4) is 11.5 Å². The molecule has 8 heteroatoms. The fourth-order valence-electron chi connectivity index (χ4n) is 2.56. The third kappa shape index (κ3) is 6.29. The molecule has 0 bridgehead atoms. The Morgan fingerprint density at radius 1 is 1.04 bits per heavy atom. The Labute approximate surface area is 160 Å². The van der Waals surface area contributed by atoms with Crippen molar-refractivity contribution in [3.05, 3.63) is 59.2 Å². The van der Waals surface area contributed by atoms with Gasteiger partial charge < -0.3 is 14.8 Å². The smallest absolute Gasteiger partial charge is 0.496 e. The van der Waals surface area contributed by atoms with Crippen molar-refractivity contribution < 1.29 is 32.2 Å². The number of carbonyl (C=O) groups is 2. The molecule has 1 N–H and O–H groups in total. The van der Waals surface area contributed by atoms with E-state index in [-0.39, 0.29) is 36.5 Å². The van der Waals surface area contributed by atoms with Gasteiger partial charge in [0, 0.05) is 24.9 Å². The molecule has 2 rings (SSSR count). The largest absolute Gasteiger partial charge is 0.573 e. The van der Waals surface area contributed by atoms with E-state index in [1.54, 1.807) is 12.1 Å². The minimum Gasteiger partial charge on any atom is -0.496 e. The van der Waals surface area contributed by atoms with Crippen molar-refractivity contribution >= 4 is 11.7 Å². The van der Waals surface area contributed by atoms with E-state index >= 15 is 0 Å². The lowest BCUT2D eigenvalue weighted by Crippen LogP contribution is -2.24. The first kappa shape index (κ1) is 21.3. The number of hydrogen-bond acceptors (Lipinski definition) is 4. The SMILES string of the molecule is COc1ccc(C)cc1C(=O)CCC(=O)NCc1ccccc1OC(F)(F)F. The van der Waals surface area contributed by atoms with E-state index in [4.69, 9.17) is 4.74 Å². The van der Waals surface area contributed by atoms with Crippen LogP contribution in [0.4, 0.5) is 13.2 Å². The van der Waals surface area contributed by atoms with Crippen LogP contribution < -0.4 is 14.8 Å². The molecule has 0 saturated carbocycles. The summed E-state index contributed by atoms with van der Waals surface area (Å²) in [5.41, 5.74) is 1.45. The Bertz CT molecular complexity index is 850. The van der Waals surface area contributed by atoms with Crippen LogP contribution in [0.5, 0.6) is 11.5 Å². The molecule has 0 aromatic heterocycles. The molecule has 2 aromatic rings. The van der Waals surface area contributed by atoms with Crippen molar-refractivity contribution in [1.29, 1.82) is 0 Å². The maximum atomic E-state index is 12.4. The van der Waals surface area contributed by atoms with Gasteiger partial charge in [0.15, 0.2) is 5.78 Å². The second-order valence-corrected chi connectivity index (χ2v) is 6.06. The predicted octanol–water partition coefficient (Wildman–Crippen LogP) is 4.18. The zero-order valence-electron chi connectivity index (χ0n) is 15.4. The Balaban J connectivity index is 1.92. The molecule has 5 nitrogen and oxygen atoms in total. The van der Waals surface area contributed by atoms with Gasteiger partial charge in [-0.15, -0.1) is 13.2 Å². The lowest BCUT2D eigenvalue weighted by molar-refractivity contribution is -0.274. The van der Waals surface area contributed by atoms with E-state index in [1.807, 2.05) is 13.0 Å². The van der Waals surface area contributed by atoms with Crippen molar-refractivity contribution in [2.45, 2.75) is 32.7 Å². The van der Waals surface area contributed by atoms with Gasteiger partial charge >= 0.3 is 6.36 Å². The van der Waals surface area contributed by atoms with Crippen LogP contribution in [0.1, 0.15) is 34.3 Å². The Kier molecular flexibility index (Phi) is 7.03. The number of aryl methyl sites for hydroxylation is 1. The van der Waals surface area contributed by atoms with Crippen molar-refractivity contribution in [2.75, 3.05) is 7.11 Å². The summed E-state index contributed by atoms with van der Waals surface area (Å²) in [6.07, 6.45) is -4.97. The number of rotatable bonds is 8. The third-order valence-electron chi connectivity index (χ3n) is 3.91. The van der Waals surface area contributed by atoms with Crippen LogP contribution in [0.15, 0.2) is 42.5 Å². The molecule has 1 amide bonds. The predicted molar refractivity (Wildman–Crippen MR) is 96.3 cm³/mol. The number of methoxy groups -OCH3 is 1. The number of alkyl halides is 3. The lowest BCUT2D eigenvalue weighted by atomic mass is 10.0. The Morgan fingerprint density at radius 3 is 2.43 bits per heavy atom. The lowest BCUT2D eigenvalue weighted by Gasteiger charge is -2.13. The highest BCUT2D eigenvalue weighted by Crippen LogP contribution is 2.26. The summed E-state index contributed by atoms with van der Waals surface area (Å²) in [4.78, 5) is 24.4. The quantitative estimate of drug-likeness (QED) is 0.681. The van der Waals surface area contributed by atoms with Crippen LogP contribution in [0, 0.1) is 6.92 Å². The van der Waals surface area contributed by atoms with Crippen LogP contribution in [0.3, 0.4) is 0 Å². The second kappa shape index (κ2) is 9.25. The Hall–Kier alpha value is -3.03. The zero-order chi connectivity index (χ0) is 20.7. The highest BCUT2D eigenvalue weighted by molar-refractivity contribution is 6.00. The number of ether oxygens (including phenoxy) is 2. The highest BCUT2D eigenvalue weighted by atomic mass is 19.4. The normalized spacial score (nSPS) is 11.0. The number of para-hydroxylation sites is 1. The van der Waals surface area contributed by atoms with Gasteiger partial charge in [0.1, 0.15) is 11.5 Å². The highest BCUT2D eigenvalue weighted by Gasteiger charge is 2.32. The molecule has 0 unspecified atom stereocenters. The standard InChI is InChI=1S/C20H20F3NO4/c1-13-7-9-18(27-2)15(11-13)16(25)8-10-19(26)24-12-14-5-3-4-6-17(14)28-20(21,22)23/h3-7,9,11H,8,10,12H2,1-2H3,(H,24,26). The molecule has 150 valence electrons. The van der Waals surface area contributed by atoms with E-state index in [0.29, 0.717) is 11.3 Å².